The highest BCUT2D eigenvalue weighted by atomic mass is 16.5. The molecule has 1 heterocycles. The lowest BCUT2D eigenvalue weighted by Gasteiger charge is -2.01. The Bertz CT molecular complexity index is 494. The Kier molecular flexibility index (Phi) is 2.00. The zero-order chi connectivity index (χ0) is 10.1. The largest absolute Gasteiger partial charge is 0.361 e. The summed E-state index contributed by atoms with van der Waals surface area (Å²) in [6.45, 7) is 3.63. The van der Waals surface area contributed by atoms with Crippen LogP contribution in [0.3, 0.4) is 0 Å². The van der Waals surface area contributed by atoms with Gasteiger partial charge in [0, 0.05) is 0 Å². The average molecular weight is 189 g/mol. The van der Waals surface area contributed by atoms with Crippen molar-refractivity contribution >= 4 is 0 Å². The van der Waals surface area contributed by atoms with Gasteiger partial charge < -0.3 is 4.52 Å². The standard InChI is InChI=1S/C11H11NO2/c1-8-9(2)12(14-11(8)13)10-6-4-3-5-7-10/h3-7H,1-2H3. The number of aromatic nitrogens is 1. The van der Waals surface area contributed by atoms with Crippen molar-refractivity contribution in [1.29, 1.82) is 0 Å². The van der Waals surface area contributed by atoms with Crippen molar-refractivity contribution in [3.8, 4) is 5.69 Å². The van der Waals surface area contributed by atoms with Crippen LogP contribution in [-0.2, 0) is 0 Å². The summed E-state index contributed by atoms with van der Waals surface area (Å²) in [4.78, 5) is 11.2. The van der Waals surface area contributed by atoms with Gasteiger partial charge in [-0.1, -0.05) is 18.2 Å². The van der Waals surface area contributed by atoms with Gasteiger partial charge in [-0.3, -0.25) is 0 Å². The Morgan fingerprint density at radius 3 is 2.29 bits per heavy atom. The molecule has 0 aliphatic carbocycles. The van der Waals surface area contributed by atoms with Gasteiger partial charge >= 0.3 is 5.63 Å². The van der Waals surface area contributed by atoms with Crippen LogP contribution < -0.4 is 5.63 Å². The van der Waals surface area contributed by atoms with Crippen LogP contribution in [0, 0.1) is 13.8 Å². The fourth-order valence-electron chi connectivity index (χ4n) is 1.33. The molecule has 14 heavy (non-hydrogen) atoms. The average Bonchev–Trinajstić information content (AvgIpc) is 2.47. The molecule has 2 rings (SSSR count). The van der Waals surface area contributed by atoms with Gasteiger partial charge in [-0.25, -0.2) is 4.79 Å². The zero-order valence-corrected chi connectivity index (χ0v) is 8.15. The minimum absolute atomic E-state index is 0.272. The maximum atomic E-state index is 11.2. The molecule has 3 nitrogen and oxygen atoms in total. The SMILES string of the molecule is Cc1c(C)n(-c2ccccc2)oc1=O. The third-order valence-electron chi connectivity index (χ3n) is 2.32. The van der Waals surface area contributed by atoms with E-state index in [9.17, 15) is 4.79 Å². The molecule has 0 radical (unpaired) electrons. The Hall–Kier alpha value is -1.77. The third-order valence-corrected chi connectivity index (χ3v) is 2.32. The van der Waals surface area contributed by atoms with E-state index in [-0.39, 0.29) is 5.63 Å². The van der Waals surface area contributed by atoms with Gasteiger partial charge in [-0.05, 0) is 26.0 Å². The third kappa shape index (κ3) is 1.27. The van der Waals surface area contributed by atoms with Crippen molar-refractivity contribution in [3.05, 3.63) is 52.0 Å². The van der Waals surface area contributed by atoms with Gasteiger partial charge in [0.1, 0.15) is 0 Å². The molecule has 0 saturated heterocycles. The van der Waals surface area contributed by atoms with Crippen molar-refractivity contribution < 1.29 is 4.52 Å². The maximum Gasteiger partial charge on any atom is 0.361 e. The number of rotatable bonds is 1. The summed E-state index contributed by atoms with van der Waals surface area (Å²) in [6, 6.07) is 9.53. The Morgan fingerprint density at radius 2 is 1.79 bits per heavy atom. The van der Waals surface area contributed by atoms with Gasteiger partial charge in [0.05, 0.1) is 16.9 Å². The van der Waals surface area contributed by atoms with Crippen molar-refractivity contribution in [3.63, 3.8) is 0 Å². The molecule has 0 N–H and O–H groups in total. The first-order valence-electron chi connectivity index (χ1n) is 4.45. The van der Waals surface area contributed by atoms with E-state index in [4.69, 9.17) is 4.52 Å². The molecular weight excluding hydrogens is 178 g/mol. The van der Waals surface area contributed by atoms with Gasteiger partial charge in [0.15, 0.2) is 0 Å². The summed E-state index contributed by atoms with van der Waals surface area (Å²) in [7, 11) is 0. The van der Waals surface area contributed by atoms with E-state index in [1.54, 1.807) is 11.7 Å². The lowest BCUT2D eigenvalue weighted by Crippen LogP contribution is -1.95. The van der Waals surface area contributed by atoms with E-state index in [1.165, 1.54) is 0 Å². The van der Waals surface area contributed by atoms with Gasteiger partial charge in [-0.2, -0.15) is 4.74 Å². The molecule has 0 bridgehead atoms. The highest BCUT2D eigenvalue weighted by molar-refractivity contribution is 5.32. The van der Waals surface area contributed by atoms with Crippen molar-refractivity contribution in [2.45, 2.75) is 13.8 Å². The second-order valence-electron chi connectivity index (χ2n) is 3.22. The van der Waals surface area contributed by atoms with E-state index in [0.717, 1.165) is 11.4 Å². The van der Waals surface area contributed by atoms with Crippen LogP contribution in [0.1, 0.15) is 11.3 Å². The normalized spacial score (nSPS) is 10.4. The Labute approximate surface area is 81.6 Å². The van der Waals surface area contributed by atoms with E-state index in [2.05, 4.69) is 0 Å². The maximum absolute atomic E-state index is 11.2. The van der Waals surface area contributed by atoms with Crippen molar-refractivity contribution in [2.75, 3.05) is 0 Å². The second kappa shape index (κ2) is 3.18. The molecule has 0 fully saturated rings. The van der Waals surface area contributed by atoms with Crippen LogP contribution in [0.2, 0.25) is 0 Å². The summed E-state index contributed by atoms with van der Waals surface area (Å²) in [5, 5.41) is 0. The highest BCUT2D eigenvalue weighted by Gasteiger charge is 2.09. The second-order valence-corrected chi connectivity index (χ2v) is 3.22. The Morgan fingerprint density at radius 1 is 1.14 bits per heavy atom. The van der Waals surface area contributed by atoms with Crippen molar-refractivity contribution in [2.24, 2.45) is 0 Å². The molecule has 3 heteroatoms. The first kappa shape index (κ1) is 8.81. The lowest BCUT2D eigenvalue weighted by atomic mass is 10.3. The number of para-hydroxylation sites is 1. The molecule has 0 amide bonds. The molecule has 2 aromatic rings. The summed E-state index contributed by atoms with van der Waals surface area (Å²) < 4.78 is 6.65. The number of benzene rings is 1. The first-order chi connectivity index (χ1) is 6.70. The number of nitrogens with zero attached hydrogens (tertiary/aromatic N) is 1. The summed E-state index contributed by atoms with van der Waals surface area (Å²) >= 11 is 0. The molecule has 0 aliphatic rings. The van der Waals surface area contributed by atoms with E-state index < -0.39 is 0 Å². The van der Waals surface area contributed by atoms with Crippen LogP contribution in [0.5, 0.6) is 0 Å². The van der Waals surface area contributed by atoms with Crippen LogP contribution in [-0.4, -0.2) is 4.74 Å². The molecular formula is C11H11NO2. The van der Waals surface area contributed by atoms with Crippen LogP contribution >= 0.6 is 0 Å². The topological polar surface area (TPSA) is 35.1 Å². The molecule has 0 atom stereocenters. The predicted molar refractivity (Wildman–Crippen MR) is 53.8 cm³/mol. The summed E-state index contributed by atoms with van der Waals surface area (Å²) in [6.07, 6.45) is 0. The van der Waals surface area contributed by atoms with E-state index >= 15 is 0 Å². The summed E-state index contributed by atoms with van der Waals surface area (Å²) in [5.41, 5.74) is 2.11. The molecule has 1 aromatic heterocycles. The molecule has 0 aliphatic heterocycles. The van der Waals surface area contributed by atoms with Crippen LogP contribution in [0.25, 0.3) is 5.69 Å². The van der Waals surface area contributed by atoms with Gasteiger partial charge in [-0.15, -0.1) is 0 Å². The monoisotopic (exact) mass is 189 g/mol. The Balaban J connectivity index is 2.64. The van der Waals surface area contributed by atoms with Crippen LogP contribution in [0.15, 0.2) is 39.6 Å². The van der Waals surface area contributed by atoms with E-state index in [0.29, 0.717) is 5.56 Å². The lowest BCUT2D eigenvalue weighted by molar-refractivity contribution is 0.318. The fraction of sp³-hybridized carbons (Fsp3) is 0.182. The fourth-order valence-corrected chi connectivity index (χ4v) is 1.33. The number of hydrogen-bond acceptors (Lipinski definition) is 2. The molecule has 0 spiro atoms. The smallest absolute Gasteiger partial charge is 0.331 e. The summed E-state index contributed by atoms with van der Waals surface area (Å²) in [5.74, 6) is 0. The molecule has 0 saturated carbocycles. The van der Waals surface area contributed by atoms with Crippen molar-refractivity contribution in [1.82, 2.24) is 4.74 Å². The first-order valence-corrected chi connectivity index (χ1v) is 4.45. The number of hydrogen-bond donors (Lipinski definition) is 0. The predicted octanol–water partition coefficient (Wildman–Crippen LogP) is 2.05. The van der Waals surface area contributed by atoms with Gasteiger partial charge in [0.2, 0.25) is 0 Å². The van der Waals surface area contributed by atoms with Crippen LogP contribution in [0.4, 0.5) is 0 Å². The van der Waals surface area contributed by atoms with Gasteiger partial charge in [0.25, 0.3) is 0 Å². The molecule has 0 unspecified atom stereocenters. The minimum atomic E-state index is -0.272. The quantitative estimate of drug-likeness (QED) is 0.688. The zero-order valence-electron chi connectivity index (χ0n) is 8.15. The molecule has 72 valence electrons. The highest BCUT2D eigenvalue weighted by Crippen LogP contribution is 2.11. The minimum Gasteiger partial charge on any atom is -0.331 e. The van der Waals surface area contributed by atoms with E-state index in [1.807, 2.05) is 37.3 Å². The molecule has 1 aromatic carbocycles.